The van der Waals surface area contributed by atoms with E-state index in [9.17, 15) is 0 Å². The fourth-order valence-electron chi connectivity index (χ4n) is 0.476. The minimum atomic E-state index is 0. The number of hydrogen-bond donors (Lipinski definition) is 0. The molecule has 0 aromatic rings. The first kappa shape index (κ1) is 7.69. The Morgan fingerprint density at radius 1 is 1.43 bits per heavy atom. The Kier molecular flexibility index (Phi) is 4.02. The fraction of sp³-hybridized carbons (Fsp3) is 1.00. The van der Waals surface area contributed by atoms with Gasteiger partial charge in [-0.25, -0.2) is 0 Å². The van der Waals surface area contributed by atoms with E-state index < -0.39 is 0 Å². The topological polar surface area (TPSA) is 18.5 Å². The summed E-state index contributed by atoms with van der Waals surface area (Å²) in [7, 11) is 0. The number of ether oxygens (including phenoxy) is 2. The van der Waals surface area contributed by atoms with Gasteiger partial charge in [0.2, 0.25) is 0 Å². The standard InChI is InChI=1S/C4H8O2.Mg.2H/c1-4-5-2-3-6-4;;;/h4H,2-3H2,1H3;;;/q;+2;2*-1. The Morgan fingerprint density at radius 2 is 1.86 bits per heavy atom. The van der Waals surface area contributed by atoms with E-state index in [1.807, 2.05) is 6.92 Å². The molecule has 0 aromatic carbocycles. The van der Waals surface area contributed by atoms with Crippen molar-refractivity contribution in [1.29, 1.82) is 0 Å². The van der Waals surface area contributed by atoms with E-state index in [1.165, 1.54) is 0 Å². The Labute approximate surface area is 62.3 Å². The summed E-state index contributed by atoms with van der Waals surface area (Å²) >= 11 is 0. The monoisotopic (exact) mass is 114 g/mol. The van der Waals surface area contributed by atoms with Crippen molar-refractivity contribution in [3.8, 4) is 0 Å². The molecule has 1 heterocycles. The maximum Gasteiger partial charge on any atom is 2.00 e. The van der Waals surface area contributed by atoms with Crippen LogP contribution in [0.4, 0.5) is 0 Å². The van der Waals surface area contributed by atoms with Crippen molar-refractivity contribution in [3.05, 3.63) is 0 Å². The van der Waals surface area contributed by atoms with Crippen molar-refractivity contribution < 1.29 is 12.3 Å². The third-order valence-corrected chi connectivity index (χ3v) is 0.788. The Morgan fingerprint density at radius 3 is 2.00 bits per heavy atom. The van der Waals surface area contributed by atoms with E-state index in [0.717, 1.165) is 13.2 Å². The van der Waals surface area contributed by atoms with Crippen LogP contribution in [0.3, 0.4) is 0 Å². The minimum absolute atomic E-state index is 0. The summed E-state index contributed by atoms with van der Waals surface area (Å²) in [4.78, 5) is 0. The second-order valence-corrected chi connectivity index (χ2v) is 1.31. The fourth-order valence-corrected chi connectivity index (χ4v) is 0.476. The average Bonchev–Trinajstić information content (AvgIpc) is 1.86. The largest absolute Gasteiger partial charge is 2.00 e. The molecule has 3 heteroatoms. The Bertz CT molecular complexity index is 49.8. The maximum atomic E-state index is 4.93. The van der Waals surface area contributed by atoms with E-state index in [0.29, 0.717) is 0 Å². The molecular weight excluding hydrogens is 104 g/mol. The van der Waals surface area contributed by atoms with Gasteiger partial charge in [-0.1, -0.05) is 0 Å². The SMILES string of the molecule is CC1OCCO1.[H-].[H-].[Mg+2]. The molecule has 0 spiro atoms. The van der Waals surface area contributed by atoms with Crippen LogP contribution >= 0.6 is 0 Å². The van der Waals surface area contributed by atoms with Crippen LogP contribution in [0, 0.1) is 0 Å². The molecule has 0 N–H and O–H groups in total. The Balaban J connectivity index is -0.000000120. The molecule has 0 amide bonds. The molecule has 0 bridgehead atoms. The van der Waals surface area contributed by atoms with E-state index in [2.05, 4.69) is 0 Å². The Hall–Kier alpha value is 0.686. The molecule has 0 aromatic heterocycles. The number of hydrogen-bond acceptors (Lipinski definition) is 2. The molecule has 0 unspecified atom stereocenters. The summed E-state index contributed by atoms with van der Waals surface area (Å²) in [6, 6.07) is 0. The predicted molar refractivity (Wildman–Crippen MR) is 29.3 cm³/mol. The van der Waals surface area contributed by atoms with Crippen molar-refractivity contribution >= 4 is 23.1 Å². The van der Waals surface area contributed by atoms with Gasteiger partial charge >= 0.3 is 23.1 Å². The van der Waals surface area contributed by atoms with Crippen molar-refractivity contribution in [2.24, 2.45) is 0 Å². The van der Waals surface area contributed by atoms with Crippen LogP contribution in [0.15, 0.2) is 0 Å². The van der Waals surface area contributed by atoms with Crippen LogP contribution in [0.2, 0.25) is 0 Å². The van der Waals surface area contributed by atoms with Gasteiger partial charge in [0.1, 0.15) is 0 Å². The van der Waals surface area contributed by atoms with E-state index >= 15 is 0 Å². The van der Waals surface area contributed by atoms with Gasteiger partial charge in [0.25, 0.3) is 0 Å². The molecule has 40 valence electrons. The number of rotatable bonds is 0. The minimum Gasteiger partial charge on any atom is -1.00 e. The third-order valence-electron chi connectivity index (χ3n) is 0.788. The summed E-state index contributed by atoms with van der Waals surface area (Å²) in [5, 5.41) is 0. The molecule has 1 saturated heterocycles. The molecule has 1 aliphatic rings. The van der Waals surface area contributed by atoms with E-state index in [1.54, 1.807) is 0 Å². The first-order valence-corrected chi connectivity index (χ1v) is 2.13. The second-order valence-electron chi connectivity index (χ2n) is 1.31. The van der Waals surface area contributed by atoms with Crippen molar-refractivity contribution in [3.63, 3.8) is 0 Å². The van der Waals surface area contributed by atoms with Gasteiger partial charge in [0.05, 0.1) is 13.2 Å². The van der Waals surface area contributed by atoms with Crippen molar-refractivity contribution in [2.45, 2.75) is 13.2 Å². The summed E-state index contributed by atoms with van der Waals surface area (Å²) in [6.07, 6.45) is 0.0463. The van der Waals surface area contributed by atoms with Crippen molar-refractivity contribution in [2.75, 3.05) is 13.2 Å². The van der Waals surface area contributed by atoms with Gasteiger partial charge < -0.3 is 12.3 Å². The van der Waals surface area contributed by atoms with Gasteiger partial charge in [-0.15, -0.1) is 0 Å². The summed E-state index contributed by atoms with van der Waals surface area (Å²) in [6.45, 7) is 3.43. The second kappa shape index (κ2) is 3.66. The van der Waals surface area contributed by atoms with Gasteiger partial charge in [-0.05, 0) is 6.92 Å². The third kappa shape index (κ3) is 2.49. The van der Waals surface area contributed by atoms with Crippen molar-refractivity contribution in [1.82, 2.24) is 0 Å². The summed E-state index contributed by atoms with van der Waals surface area (Å²) < 4.78 is 9.86. The van der Waals surface area contributed by atoms with Crippen LogP contribution < -0.4 is 0 Å². The van der Waals surface area contributed by atoms with Crippen LogP contribution in [-0.2, 0) is 9.47 Å². The molecule has 0 radical (unpaired) electrons. The van der Waals surface area contributed by atoms with Gasteiger partial charge in [0, 0.05) is 0 Å². The smallest absolute Gasteiger partial charge is 1.00 e. The first-order chi connectivity index (χ1) is 2.89. The van der Waals surface area contributed by atoms with Gasteiger partial charge in [-0.3, -0.25) is 0 Å². The zero-order chi connectivity index (χ0) is 4.41. The zero-order valence-corrected chi connectivity index (χ0v) is 5.93. The normalized spacial score (nSPS) is 21.9. The zero-order valence-electron chi connectivity index (χ0n) is 6.52. The van der Waals surface area contributed by atoms with Crippen LogP contribution in [-0.4, -0.2) is 42.6 Å². The van der Waals surface area contributed by atoms with Crippen LogP contribution in [0.5, 0.6) is 0 Å². The maximum absolute atomic E-state index is 4.93. The molecule has 0 atom stereocenters. The molecule has 0 aliphatic carbocycles. The molecule has 1 rings (SSSR count). The predicted octanol–water partition coefficient (Wildman–Crippen LogP) is 0.223. The molecule has 1 fully saturated rings. The molecule has 0 saturated carbocycles. The van der Waals surface area contributed by atoms with E-state index in [4.69, 9.17) is 9.47 Å². The molecular formula is C4H10MgO2. The average molecular weight is 114 g/mol. The first-order valence-electron chi connectivity index (χ1n) is 2.13. The summed E-state index contributed by atoms with van der Waals surface area (Å²) in [5.74, 6) is 0. The molecule has 7 heavy (non-hydrogen) atoms. The van der Waals surface area contributed by atoms with Gasteiger partial charge in [-0.2, -0.15) is 0 Å². The van der Waals surface area contributed by atoms with Crippen LogP contribution in [0.25, 0.3) is 0 Å². The molecule has 1 aliphatic heterocycles. The van der Waals surface area contributed by atoms with Gasteiger partial charge in [0.15, 0.2) is 6.29 Å². The summed E-state index contributed by atoms with van der Waals surface area (Å²) in [5.41, 5.74) is 0. The van der Waals surface area contributed by atoms with E-state index in [-0.39, 0.29) is 32.2 Å². The quantitative estimate of drug-likeness (QED) is 0.420. The molecule has 2 nitrogen and oxygen atoms in total. The van der Waals surface area contributed by atoms with Crippen LogP contribution in [0.1, 0.15) is 9.78 Å².